The van der Waals surface area contributed by atoms with Crippen molar-refractivity contribution in [1.82, 2.24) is 5.32 Å². The summed E-state index contributed by atoms with van der Waals surface area (Å²) in [5.74, 6) is 1.99. The average Bonchev–Trinajstić information content (AvgIpc) is 2.62. The van der Waals surface area contributed by atoms with Gasteiger partial charge in [-0.1, -0.05) is 12.1 Å². The predicted molar refractivity (Wildman–Crippen MR) is 91.7 cm³/mol. The highest BCUT2D eigenvalue weighted by atomic mass is 16.1. The third-order valence-electron chi connectivity index (χ3n) is 4.47. The SMILES string of the molecule is CNC(=O)C(CCC=O)c1ccc(N2CCB(C#N)CC2)cc1. The van der Waals surface area contributed by atoms with Gasteiger partial charge in [0.2, 0.25) is 5.91 Å². The lowest BCUT2D eigenvalue weighted by molar-refractivity contribution is -0.122. The Balaban J connectivity index is 2.06. The number of carbonyl (C=O) groups excluding carboxylic acids is 2. The quantitative estimate of drug-likeness (QED) is 0.643. The molecule has 0 aromatic heterocycles. The molecule has 1 aromatic rings. The van der Waals surface area contributed by atoms with Crippen LogP contribution in [-0.2, 0) is 9.59 Å². The second kappa shape index (κ2) is 8.37. The molecule has 1 aromatic carbocycles. The number of hydrogen-bond donors (Lipinski definition) is 1. The Morgan fingerprint density at radius 3 is 2.57 bits per heavy atom. The molecule has 0 aliphatic carbocycles. The van der Waals surface area contributed by atoms with E-state index in [4.69, 9.17) is 5.26 Å². The van der Waals surface area contributed by atoms with E-state index in [1.807, 2.05) is 24.3 Å². The molecule has 0 bridgehead atoms. The van der Waals surface area contributed by atoms with Gasteiger partial charge in [-0.05, 0) is 36.8 Å². The van der Waals surface area contributed by atoms with Crippen LogP contribution in [0.5, 0.6) is 0 Å². The van der Waals surface area contributed by atoms with Gasteiger partial charge in [-0.25, -0.2) is 5.26 Å². The number of likely N-dealkylation sites (N-methyl/N-ethyl adjacent to an activating group) is 1. The molecule has 1 unspecified atom stereocenters. The van der Waals surface area contributed by atoms with Crippen LogP contribution in [0.3, 0.4) is 0 Å². The van der Waals surface area contributed by atoms with Crippen molar-refractivity contribution in [3.8, 4) is 5.97 Å². The van der Waals surface area contributed by atoms with E-state index in [1.54, 1.807) is 7.05 Å². The first-order chi connectivity index (χ1) is 11.2. The zero-order valence-corrected chi connectivity index (χ0v) is 13.5. The van der Waals surface area contributed by atoms with Crippen molar-refractivity contribution in [1.29, 1.82) is 5.26 Å². The maximum absolute atomic E-state index is 12.0. The molecule has 1 aliphatic rings. The maximum atomic E-state index is 12.0. The number of anilines is 1. The van der Waals surface area contributed by atoms with Gasteiger partial charge in [0.05, 0.1) is 5.92 Å². The Bertz CT molecular complexity index is 574. The summed E-state index contributed by atoms with van der Waals surface area (Å²) in [5, 5.41) is 11.6. The fraction of sp³-hybridized carbons (Fsp3) is 0.471. The summed E-state index contributed by atoms with van der Waals surface area (Å²) in [5.41, 5.74) is 2.05. The number of nitrogens with one attached hydrogen (secondary N) is 1. The summed E-state index contributed by atoms with van der Waals surface area (Å²) < 4.78 is 0. The number of carbonyl (C=O) groups is 2. The zero-order valence-electron chi connectivity index (χ0n) is 13.5. The van der Waals surface area contributed by atoms with Crippen LogP contribution in [0, 0.1) is 11.2 Å². The van der Waals surface area contributed by atoms with E-state index in [9.17, 15) is 9.59 Å². The van der Waals surface area contributed by atoms with Crippen LogP contribution in [-0.4, -0.2) is 39.0 Å². The minimum Gasteiger partial charge on any atom is -0.373 e. The Kier molecular flexibility index (Phi) is 6.22. The van der Waals surface area contributed by atoms with Crippen molar-refractivity contribution in [2.75, 3.05) is 25.0 Å². The van der Waals surface area contributed by atoms with Crippen molar-refractivity contribution in [2.45, 2.75) is 31.4 Å². The second-order valence-electron chi connectivity index (χ2n) is 5.89. The lowest BCUT2D eigenvalue weighted by Gasteiger charge is -2.30. The van der Waals surface area contributed by atoms with Crippen molar-refractivity contribution >= 4 is 24.6 Å². The van der Waals surface area contributed by atoms with Gasteiger partial charge >= 0.3 is 0 Å². The molecular formula is C17H22BN3O2. The molecule has 120 valence electrons. The molecule has 1 atom stereocenters. The fourth-order valence-electron chi connectivity index (χ4n) is 3.04. The van der Waals surface area contributed by atoms with Gasteiger partial charge < -0.3 is 15.0 Å². The molecule has 0 saturated carbocycles. The standard InChI is InChI=1S/C17H22BN3O2/c1-20-17(23)16(3-2-12-22)14-4-6-15(7-5-14)21-10-8-18(13-19)9-11-21/h4-7,12,16H,2-3,8-11H2,1H3,(H,20,23). The number of nitrogens with zero attached hydrogens (tertiary/aromatic N) is 2. The number of amides is 1. The number of aldehydes is 1. The number of benzene rings is 1. The van der Waals surface area contributed by atoms with Crippen LogP contribution < -0.4 is 10.2 Å². The van der Waals surface area contributed by atoms with Crippen LogP contribution in [0.4, 0.5) is 5.69 Å². The number of hydrogen-bond acceptors (Lipinski definition) is 4. The van der Waals surface area contributed by atoms with Gasteiger partial charge in [0.15, 0.2) is 0 Å². The minimum atomic E-state index is -0.288. The molecule has 2 rings (SSSR count). The molecule has 6 heteroatoms. The third kappa shape index (κ3) is 4.35. The molecule has 0 spiro atoms. The van der Waals surface area contributed by atoms with E-state index >= 15 is 0 Å². The number of rotatable bonds is 6. The van der Waals surface area contributed by atoms with Crippen LogP contribution in [0.2, 0.25) is 12.6 Å². The van der Waals surface area contributed by atoms with Crippen molar-refractivity contribution < 1.29 is 9.59 Å². The molecule has 1 fully saturated rings. The smallest absolute Gasteiger partial charge is 0.271 e. The van der Waals surface area contributed by atoms with E-state index in [0.29, 0.717) is 12.8 Å². The molecule has 1 saturated heterocycles. The van der Waals surface area contributed by atoms with E-state index in [2.05, 4.69) is 16.2 Å². The van der Waals surface area contributed by atoms with Crippen LogP contribution >= 0.6 is 0 Å². The highest BCUT2D eigenvalue weighted by Gasteiger charge is 2.23. The summed E-state index contributed by atoms with van der Waals surface area (Å²) in [7, 11) is 1.62. The second-order valence-corrected chi connectivity index (χ2v) is 5.89. The van der Waals surface area contributed by atoms with Crippen LogP contribution in [0.25, 0.3) is 0 Å². The van der Waals surface area contributed by atoms with Crippen molar-refractivity contribution in [3.63, 3.8) is 0 Å². The Hall–Kier alpha value is -2.29. The molecule has 1 N–H and O–H groups in total. The molecule has 0 radical (unpaired) electrons. The van der Waals surface area contributed by atoms with Gasteiger partial charge in [-0.3, -0.25) is 4.79 Å². The third-order valence-corrected chi connectivity index (χ3v) is 4.47. The molecule has 5 nitrogen and oxygen atoms in total. The normalized spacial score (nSPS) is 15.7. The van der Waals surface area contributed by atoms with E-state index in [-0.39, 0.29) is 18.5 Å². The van der Waals surface area contributed by atoms with Gasteiger partial charge in [-0.15, -0.1) is 0 Å². The van der Waals surface area contributed by atoms with Crippen LogP contribution in [0.15, 0.2) is 24.3 Å². The van der Waals surface area contributed by atoms with E-state index in [0.717, 1.165) is 43.3 Å². The lowest BCUT2D eigenvalue weighted by atomic mass is 9.45. The lowest BCUT2D eigenvalue weighted by Crippen LogP contribution is -2.36. The fourth-order valence-corrected chi connectivity index (χ4v) is 3.04. The monoisotopic (exact) mass is 311 g/mol. The Morgan fingerprint density at radius 1 is 1.39 bits per heavy atom. The average molecular weight is 311 g/mol. The van der Waals surface area contributed by atoms with Crippen LogP contribution in [0.1, 0.15) is 24.3 Å². The first-order valence-electron chi connectivity index (χ1n) is 8.09. The highest BCUT2D eigenvalue weighted by molar-refractivity contribution is 6.67. The zero-order chi connectivity index (χ0) is 16.7. The van der Waals surface area contributed by atoms with Gasteiger partial charge in [-0.2, -0.15) is 0 Å². The van der Waals surface area contributed by atoms with E-state index < -0.39 is 0 Å². The molecule has 1 heterocycles. The highest BCUT2D eigenvalue weighted by Crippen LogP contribution is 2.26. The largest absolute Gasteiger partial charge is 0.373 e. The van der Waals surface area contributed by atoms with Crippen molar-refractivity contribution in [3.05, 3.63) is 29.8 Å². The first kappa shape index (κ1) is 17.1. The molecule has 1 aliphatic heterocycles. The van der Waals surface area contributed by atoms with E-state index in [1.165, 1.54) is 0 Å². The molecular weight excluding hydrogens is 289 g/mol. The topological polar surface area (TPSA) is 73.2 Å². The summed E-state index contributed by atoms with van der Waals surface area (Å²) in [6, 6.07) is 7.99. The Morgan fingerprint density at radius 2 is 2.04 bits per heavy atom. The minimum absolute atomic E-state index is 0.0607. The molecule has 23 heavy (non-hydrogen) atoms. The Labute approximate surface area is 137 Å². The summed E-state index contributed by atoms with van der Waals surface area (Å²) in [6.45, 7) is 1.95. The molecule has 1 amide bonds. The summed E-state index contributed by atoms with van der Waals surface area (Å²) >= 11 is 0. The van der Waals surface area contributed by atoms with Gasteiger partial charge in [0, 0.05) is 38.2 Å². The predicted octanol–water partition coefficient (Wildman–Crippen LogP) is 1.87. The maximum Gasteiger partial charge on any atom is 0.271 e. The van der Waals surface area contributed by atoms with Gasteiger partial charge in [0.25, 0.3) is 6.71 Å². The first-order valence-corrected chi connectivity index (χ1v) is 8.09. The van der Waals surface area contributed by atoms with Gasteiger partial charge in [0.1, 0.15) is 6.29 Å². The summed E-state index contributed by atoms with van der Waals surface area (Å²) in [4.78, 5) is 24.9. The summed E-state index contributed by atoms with van der Waals surface area (Å²) in [6.07, 6.45) is 3.55. The van der Waals surface area contributed by atoms with Crippen molar-refractivity contribution in [2.24, 2.45) is 0 Å². The number of nitriles is 1.